The Morgan fingerprint density at radius 2 is 1.69 bits per heavy atom. The summed E-state index contributed by atoms with van der Waals surface area (Å²) in [5, 5.41) is 2.87. The molecule has 0 radical (unpaired) electrons. The third-order valence-electron chi connectivity index (χ3n) is 5.43. The van der Waals surface area contributed by atoms with Gasteiger partial charge in [-0.1, -0.05) is 31.2 Å². The van der Waals surface area contributed by atoms with Gasteiger partial charge in [0.25, 0.3) is 0 Å². The predicted molar refractivity (Wildman–Crippen MR) is 140 cm³/mol. The van der Waals surface area contributed by atoms with Gasteiger partial charge in [0, 0.05) is 34.9 Å². The smallest absolute Gasteiger partial charge is 0.335 e. The first-order valence-electron chi connectivity index (χ1n) is 11.9. The number of amides is 1. The Hall–Kier alpha value is -3.16. The number of carbonyl (C=O) groups excluding carboxylic acids is 2. The summed E-state index contributed by atoms with van der Waals surface area (Å²) >= 11 is 1.70. The Morgan fingerprint density at radius 1 is 0.971 bits per heavy atom. The fourth-order valence-electron chi connectivity index (χ4n) is 3.50. The van der Waals surface area contributed by atoms with Crippen LogP contribution in [0.1, 0.15) is 43.2 Å². The first kappa shape index (κ1) is 26.4. The summed E-state index contributed by atoms with van der Waals surface area (Å²) in [7, 11) is 0. The minimum atomic E-state index is -0.601. The van der Waals surface area contributed by atoms with E-state index in [9.17, 15) is 9.59 Å². The number of esters is 1. The fraction of sp³-hybridized carbons (Fsp3) is 0.357. The van der Waals surface area contributed by atoms with Crippen molar-refractivity contribution in [1.29, 1.82) is 0 Å². The van der Waals surface area contributed by atoms with Gasteiger partial charge >= 0.3 is 5.97 Å². The van der Waals surface area contributed by atoms with Crippen LogP contribution in [-0.4, -0.2) is 31.2 Å². The molecular formula is C28H33NO5S. The summed E-state index contributed by atoms with van der Waals surface area (Å²) in [6, 6.07) is 17.8. The maximum atomic E-state index is 12.1. The molecule has 35 heavy (non-hydrogen) atoms. The van der Waals surface area contributed by atoms with Crippen molar-refractivity contribution in [3.8, 4) is 16.2 Å². The molecule has 1 amide bonds. The molecule has 1 unspecified atom stereocenters. The molecule has 0 fully saturated rings. The molecule has 186 valence electrons. The van der Waals surface area contributed by atoms with Gasteiger partial charge in [-0.3, -0.25) is 4.79 Å². The zero-order chi connectivity index (χ0) is 25.2. The van der Waals surface area contributed by atoms with Crippen molar-refractivity contribution in [2.75, 3.05) is 18.5 Å². The van der Waals surface area contributed by atoms with Gasteiger partial charge in [-0.15, -0.1) is 11.3 Å². The zero-order valence-electron chi connectivity index (χ0n) is 20.8. The number of benzene rings is 2. The van der Waals surface area contributed by atoms with Gasteiger partial charge in [0.15, 0.2) is 6.10 Å². The lowest BCUT2D eigenvalue weighted by molar-refractivity contribution is -0.156. The van der Waals surface area contributed by atoms with Crippen LogP contribution in [0.15, 0.2) is 54.6 Å². The van der Waals surface area contributed by atoms with Gasteiger partial charge in [-0.2, -0.15) is 0 Å². The van der Waals surface area contributed by atoms with E-state index in [2.05, 4.69) is 18.3 Å². The second kappa shape index (κ2) is 13.1. The van der Waals surface area contributed by atoms with E-state index in [1.165, 1.54) is 5.56 Å². The van der Waals surface area contributed by atoms with E-state index in [0.29, 0.717) is 32.7 Å². The van der Waals surface area contributed by atoms with Crippen molar-refractivity contribution >= 4 is 28.9 Å². The summed E-state index contributed by atoms with van der Waals surface area (Å²) in [6.45, 7) is 8.83. The number of aryl methyl sites for hydroxylation is 1. The number of ether oxygens (including phenoxy) is 3. The molecule has 1 N–H and O–H groups in total. The van der Waals surface area contributed by atoms with Crippen molar-refractivity contribution < 1.29 is 23.8 Å². The standard InChI is InChI=1S/C28H33NO5S/c1-5-27(30)29-22-12-10-21(11-13-22)25-16-19(4)26(35-25)18-34-23-14-8-20(9-15-23)17-24(32-6-2)28(31)33-7-3/h8-16,24H,5-7,17-18H2,1-4H3,(H,29,30). The second-order valence-electron chi connectivity index (χ2n) is 8.03. The van der Waals surface area contributed by atoms with Crippen molar-refractivity contribution in [2.45, 2.75) is 53.2 Å². The van der Waals surface area contributed by atoms with Crippen LogP contribution in [0.4, 0.5) is 5.69 Å². The minimum Gasteiger partial charge on any atom is -0.488 e. The normalized spacial score (nSPS) is 11.7. The summed E-state index contributed by atoms with van der Waals surface area (Å²) in [5.74, 6) is 0.438. The molecule has 0 aliphatic carbocycles. The summed E-state index contributed by atoms with van der Waals surface area (Å²) < 4.78 is 16.7. The number of nitrogens with one attached hydrogen (secondary N) is 1. The predicted octanol–water partition coefficient (Wildman–Crippen LogP) is 6.16. The summed E-state index contributed by atoms with van der Waals surface area (Å²) in [6.07, 6.45) is 0.316. The SMILES string of the molecule is CCOC(=O)C(Cc1ccc(OCc2sc(-c3ccc(NC(=O)CC)cc3)cc2C)cc1)OCC. The van der Waals surface area contributed by atoms with Gasteiger partial charge in [0.2, 0.25) is 5.91 Å². The zero-order valence-corrected chi connectivity index (χ0v) is 21.6. The molecule has 0 aliphatic rings. The van der Waals surface area contributed by atoms with E-state index >= 15 is 0 Å². The average molecular weight is 496 g/mol. The molecule has 3 rings (SSSR count). The van der Waals surface area contributed by atoms with E-state index in [4.69, 9.17) is 14.2 Å². The first-order valence-corrected chi connectivity index (χ1v) is 12.7. The molecule has 7 heteroatoms. The fourth-order valence-corrected chi connectivity index (χ4v) is 4.60. The van der Waals surface area contributed by atoms with Crippen LogP contribution < -0.4 is 10.1 Å². The summed E-state index contributed by atoms with van der Waals surface area (Å²) in [5.41, 5.74) is 4.07. The van der Waals surface area contributed by atoms with Gasteiger partial charge in [-0.25, -0.2) is 4.79 Å². The van der Waals surface area contributed by atoms with Crippen LogP contribution in [0, 0.1) is 6.92 Å². The average Bonchev–Trinajstić information content (AvgIpc) is 3.24. The third-order valence-corrected chi connectivity index (χ3v) is 6.69. The van der Waals surface area contributed by atoms with Crippen LogP contribution in [0.2, 0.25) is 0 Å². The topological polar surface area (TPSA) is 73.9 Å². The van der Waals surface area contributed by atoms with Crippen molar-refractivity contribution in [1.82, 2.24) is 0 Å². The molecule has 1 atom stereocenters. The van der Waals surface area contributed by atoms with Crippen molar-refractivity contribution in [2.24, 2.45) is 0 Å². The molecule has 0 spiro atoms. The van der Waals surface area contributed by atoms with E-state index in [1.54, 1.807) is 18.3 Å². The highest BCUT2D eigenvalue weighted by molar-refractivity contribution is 7.15. The molecular weight excluding hydrogens is 462 g/mol. The highest BCUT2D eigenvalue weighted by Crippen LogP contribution is 2.32. The molecule has 6 nitrogen and oxygen atoms in total. The lowest BCUT2D eigenvalue weighted by Crippen LogP contribution is -2.28. The number of anilines is 1. The second-order valence-corrected chi connectivity index (χ2v) is 9.17. The minimum absolute atomic E-state index is 0.00490. The summed E-state index contributed by atoms with van der Waals surface area (Å²) in [4.78, 5) is 26.0. The Bertz CT molecular complexity index is 1110. The van der Waals surface area contributed by atoms with Gasteiger partial charge in [-0.05, 0) is 67.8 Å². The van der Waals surface area contributed by atoms with Crippen LogP contribution in [0.25, 0.3) is 10.4 Å². The van der Waals surface area contributed by atoms with Crippen LogP contribution in [-0.2, 0) is 32.1 Å². The number of hydrogen-bond acceptors (Lipinski definition) is 6. The van der Waals surface area contributed by atoms with Crippen molar-refractivity contribution in [3.05, 3.63) is 70.6 Å². The monoisotopic (exact) mass is 495 g/mol. The Balaban J connectivity index is 1.59. The van der Waals surface area contributed by atoms with E-state index in [1.807, 2.05) is 62.4 Å². The van der Waals surface area contributed by atoms with Gasteiger partial charge in [0.1, 0.15) is 12.4 Å². The van der Waals surface area contributed by atoms with Gasteiger partial charge < -0.3 is 19.5 Å². The quantitative estimate of drug-likeness (QED) is 0.305. The molecule has 2 aromatic carbocycles. The Kier molecular flexibility index (Phi) is 9.87. The molecule has 0 bridgehead atoms. The number of thiophene rings is 1. The maximum absolute atomic E-state index is 12.1. The molecule has 1 heterocycles. The molecule has 3 aromatic rings. The molecule has 1 aromatic heterocycles. The third kappa shape index (κ3) is 7.67. The largest absolute Gasteiger partial charge is 0.488 e. The maximum Gasteiger partial charge on any atom is 0.335 e. The first-order chi connectivity index (χ1) is 16.9. The Morgan fingerprint density at radius 3 is 2.31 bits per heavy atom. The van der Waals surface area contributed by atoms with Crippen LogP contribution in [0.5, 0.6) is 5.75 Å². The Labute approximate surface area is 211 Å². The lowest BCUT2D eigenvalue weighted by atomic mass is 10.1. The molecule has 0 aliphatic heterocycles. The lowest BCUT2D eigenvalue weighted by Gasteiger charge is -2.15. The number of hydrogen-bond donors (Lipinski definition) is 1. The molecule has 0 saturated heterocycles. The van der Waals surface area contributed by atoms with E-state index < -0.39 is 6.10 Å². The van der Waals surface area contributed by atoms with E-state index in [0.717, 1.165) is 32.3 Å². The number of rotatable bonds is 12. The van der Waals surface area contributed by atoms with Crippen LogP contribution >= 0.6 is 11.3 Å². The molecule has 0 saturated carbocycles. The van der Waals surface area contributed by atoms with Gasteiger partial charge in [0.05, 0.1) is 6.61 Å². The highest BCUT2D eigenvalue weighted by atomic mass is 32.1. The van der Waals surface area contributed by atoms with E-state index in [-0.39, 0.29) is 11.9 Å². The van der Waals surface area contributed by atoms with Crippen LogP contribution in [0.3, 0.4) is 0 Å². The number of carbonyl (C=O) groups is 2. The highest BCUT2D eigenvalue weighted by Gasteiger charge is 2.20. The van der Waals surface area contributed by atoms with Crippen molar-refractivity contribution in [3.63, 3.8) is 0 Å².